The Balaban J connectivity index is 1.20. The third-order valence-electron chi connectivity index (χ3n) is 10.8. The number of aromatic nitrogens is 3. The van der Waals surface area contributed by atoms with Gasteiger partial charge in [-0.3, -0.25) is 0 Å². The lowest BCUT2D eigenvalue weighted by Gasteiger charge is -2.16. The molecule has 55 heavy (non-hydrogen) atoms. The molecule has 0 aliphatic carbocycles. The Morgan fingerprint density at radius 2 is 0.727 bits per heavy atom. The predicted molar refractivity (Wildman–Crippen MR) is 227 cm³/mol. The third kappa shape index (κ3) is 5.11. The maximum absolute atomic E-state index is 6.55. The Morgan fingerprint density at radius 1 is 0.273 bits per heavy atom. The number of hydrogen-bond donors (Lipinski definition) is 0. The van der Waals surface area contributed by atoms with E-state index in [1.54, 1.807) is 0 Å². The van der Waals surface area contributed by atoms with Gasteiger partial charge in [-0.2, -0.15) is 0 Å². The number of nitrogens with zero attached hydrogens (tertiary/aromatic N) is 3. The molecule has 0 aliphatic rings. The van der Waals surface area contributed by atoms with Gasteiger partial charge in [-0.15, -0.1) is 0 Å². The highest BCUT2D eigenvalue weighted by molar-refractivity contribution is 6.15. The Kier molecular flexibility index (Phi) is 7.14. The molecule has 2 heterocycles. The fraction of sp³-hybridized carbons (Fsp3) is 0. The van der Waals surface area contributed by atoms with Crippen molar-refractivity contribution in [3.63, 3.8) is 0 Å². The lowest BCUT2D eigenvalue weighted by Crippen LogP contribution is -2.02. The van der Waals surface area contributed by atoms with Gasteiger partial charge in [0.25, 0.3) is 0 Å². The van der Waals surface area contributed by atoms with E-state index in [-0.39, 0.29) is 0 Å². The first kappa shape index (κ1) is 31.1. The first-order chi connectivity index (χ1) is 27.3. The van der Waals surface area contributed by atoms with Gasteiger partial charge in [0.2, 0.25) is 0 Å². The van der Waals surface area contributed by atoms with Gasteiger partial charge in [0.15, 0.2) is 17.5 Å². The third-order valence-corrected chi connectivity index (χ3v) is 10.8. The van der Waals surface area contributed by atoms with Crippen molar-refractivity contribution in [3.05, 3.63) is 188 Å². The lowest BCUT2D eigenvalue weighted by atomic mass is 9.91. The highest BCUT2D eigenvalue weighted by atomic mass is 16.3. The van der Waals surface area contributed by atoms with Crippen LogP contribution in [0, 0.1) is 0 Å². The van der Waals surface area contributed by atoms with Gasteiger partial charge >= 0.3 is 0 Å². The maximum Gasteiger partial charge on any atom is 0.167 e. The molecule has 0 radical (unpaired) electrons. The summed E-state index contributed by atoms with van der Waals surface area (Å²) in [5, 5.41) is 9.24. The molecule has 0 atom stereocenters. The molecule has 0 spiro atoms. The van der Waals surface area contributed by atoms with Crippen molar-refractivity contribution in [2.45, 2.75) is 0 Å². The molecule has 0 N–H and O–H groups in total. The largest absolute Gasteiger partial charge is 0.455 e. The van der Waals surface area contributed by atoms with Crippen LogP contribution in [0.5, 0.6) is 0 Å². The summed E-state index contributed by atoms with van der Waals surface area (Å²) >= 11 is 0. The molecule has 0 saturated carbocycles. The van der Waals surface area contributed by atoms with Crippen LogP contribution in [0.3, 0.4) is 0 Å². The number of hydrogen-bond acceptors (Lipinski definition) is 4. The second-order valence-corrected chi connectivity index (χ2v) is 13.9. The van der Waals surface area contributed by atoms with E-state index in [1.165, 1.54) is 32.3 Å². The molecule has 0 saturated heterocycles. The van der Waals surface area contributed by atoms with Crippen molar-refractivity contribution in [2.75, 3.05) is 0 Å². The molecular weight excluding hydrogens is 671 g/mol. The second kappa shape index (κ2) is 12.6. The highest BCUT2D eigenvalue weighted by Gasteiger charge is 2.21. The Labute approximate surface area is 317 Å². The van der Waals surface area contributed by atoms with E-state index in [0.29, 0.717) is 17.5 Å². The summed E-state index contributed by atoms with van der Waals surface area (Å²) in [6.45, 7) is 0. The van der Waals surface area contributed by atoms with E-state index in [1.807, 2.05) is 24.3 Å². The topological polar surface area (TPSA) is 51.8 Å². The van der Waals surface area contributed by atoms with E-state index in [0.717, 1.165) is 60.9 Å². The molecule has 0 fully saturated rings. The first-order valence-electron chi connectivity index (χ1n) is 18.5. The molecule has 4 nitrogen and oxygen atoms in total. The van der Waals surface area contributed by atoms with Crippen molar-refractivity contribution in [3.8, 4) is 56.4 Å². The molecule has 0 aliphatic heterocycles. The molecule has 0 amide bonds. The average molecular weight is 702 g/mol. The molecule has 0 bridgehead atoms. The van der Waals surface area contributed by atoms with E-state index >= 15 is 0 Å². The standard InChI is InChI=1S/C51H31N3O/c1-3-18-34-32(15-1)17-13-27-37(34)38-21-7-9-25-43(38)49-52-50(54-51(53-49)45-29-14-28-42-41-24-11-12-30-47(41)55-48(42)45)44-26-10-8-23-40(44)46-31-33-16-2-4-19-35(33)36-20-5-6-22-39(36)46/h1-31H. The summed E-state index contributed by atoms with van der Waals surface area (Å²) in [5.74, 6) is 1.74. The van der Waals surface area contributed by atoms with Crippen LogP contribution in [-0.2, 0) is 0 Å². The van der Waals surface area contributed by atoms with Gasteiger partial charge in [-0.25, -0.2) is 15.0 Å². The van der Waals surface area contributed by atoms with Crippen molar-refractivity contribution in [1.82, 2.24) is 15.0 Å². The van der Waals surface area contributed by atoms with E-state index in [2.05, 4.69) is 164 Å². The monoisotopic (exact) mass is 701 g/mol. The first-order valence-corrected chi connectivity index (χ1v) is 18.5. The van der Waals surface area contributed by atoms with Gasteiger partial charge in [-0.05, 0) is 72.8 Å². The number of fused-ring (bicyclic) bond motifs is 7. The lowest BCUT2D eigenvalue weighted by molar-refractivity contribution is 0.669. The minimum absolute atomic E-state index is 0.551. The smallest absolute Gasteiger partial charge is 0.167 e. The normalized spacial score (nSPS) is 11.6. The molecule has 0 unspecified atom stereocenters. The van der Waals surface area contributed by atoms with Crippen LogP contribution in [0.15, 0.2) is 192 Å². The Morgan fingerprint density at radius 3 is 1.47 bits per heavy atom. The summed E-state index contributed by atoms with van der Waals surface area (Å²) in [5.41, 5.74) is 8.60. The van der Waals surface area contributed by atoms with E-state index in [9.17, 15) is 0 Å². The molecule has 11 aromatic rings. The summed E-state index contributed by atoms with van der Waals surface area (Å²) in [6.07, 6.45) is 0. The fourth-order valence-corrected chi connectivity index (χ4v) is 8.22. The van der Waals surface area contributed by atoms with Crippen molar-refractivity contribution < 1.29 is 4.42 Å². The zero-order chi connectivity index (χ0) is 36.3. The minimum Gasteiger partial charge on any atom is -0.455 e. The highest BCUT2D eigenvalue weighted by Crippen LogP contribution is 2.42. The molecule has 2 aromatic heterocycles. The molecule has 4 heteroatoms. The number of benzene rings is 9. The molecular formula is C51H31N3O. The van der Waals surface area contributed by atoms with E-state index in [4.69, 9.17) is 19.4 Å². The quantitative estimate of drug-likeness (QED) is 0.168. The van der Waals surface area contributed by atoms with Gasteiger partial charge in [0.1, 0.15) is 11.2 Å². The molecule has 9 aromatic carbocycles. The minimum atomic E-state index is 0.551. The summed E-state index contributed by atoms with van der Waals surface area (Å²) in [4.78, 5) is 16.0. The van der Waals surface area contributed by atoms with Crippen LogP contribution in [0.2, 0.25) is 0 Å². The Hall–Kier alpha value is -7.43. The SMILES string of the molecule is c1ccc(-c2cccc3ccccc23)c(-c2nc(-c3ccccc3-c3cc4ccccc4c4ccccc34)nc(-c3cccc4c3oc3ccccc34)n2)c1. The van der Waals surface area contributed by atoms with E-state index < -0.39 is 0 Å². The zero-order valence-corrected chi connectivity index (χ0v) is 29.6. The fourth-order valence-electron chi connectivity index (χ4n) is 8.22. The molecule has 256 valence electrons. The van der Waals surface area contributed by atoms with Gasteiger partial charge in [-0.1, -0.05) is 170 Å². The van der Waals surface area contributed by atoms with Crippen molar-refractivity contribution in [1.29, 1.82) is 0 Å². The number of para-hydroxylation sites is 2. The summed E-state index contributed by atoms with van der Waals surface area (Å²) < 4.78 is 6.55. The van der Waals surface area contributed by atoms with Crippen LogP contribution in [0.25, 0.3) is 111 Å². The van der Waals surface area contributed by atoms with Crippen LogP contribution < -0.4 is 0 Å². The molecule has 11 rings (SSSR count). The zero-order valence-electron chi connectivity index (χ0n) is 29.6. The number of rotatable bonds is 5. The van der Waals surface area contributed by atoms with Crippen LogP contribution in [-0.4, -0.2) is 15.0 Å². The van der Waals surface area contributed by atoms with Crippen LogP contribution >= 0.6 is 0 Å². The van der Waals surface area contributed by atoms with Gasteiger partial charge in [0.05, 0.1) is 5.56 Å². The number of furan rings is 1. The summed E-state index contributed by atoms with van der Waals surface area (Å²) in [7, 11) is 0. The Bertz CT molecular complexity index is 3280. The average Bonchev–Trinajstić information content (AvgIpc) is 3.65. The van der Waals surface area contributed by atoms with Crippen molar-refractivity contribution >= 4 is 54.3 Å². The summed E-state index contributed by atoms with van der Waals surface area (Å²) in [6, 6.07) is 65.7. The van der Waals surface area contributed by atoms with Crippen LogP contribution in [0.4, 0.5) is 0 Å². The maximum atomic E-state index is 6.55. The van der Waals surface area contributed by atoms with Crippen LogP contribution in [0.1, 0.15) is 0 Å². The second-order valence-electron chi connectivity index (χ2n) is 13.9. The van der Waals surface area contributed by atoms with Gasteiger partial charge < -0.3 is 4.42 Å². The van der Waals surface area contributed by atoms with Crippen molar-refractivity contribution in [2.24, 2.45) is 0 Å². The predicted octanol–water partition coefficient (Wildman–Crippen LogP) is 13.6. The van der Waals surface area contributed by atoms with Gasteiger partial charge in [0, 0.05) is 21.9 Å².